The van der Waals surface area contributed by atoms with Gasteiger partial charge in [-0.2, -0.15) is 0 Å². The normalized spacial score (nSPS) is 14.6. The van der Waals surface area contributed by atoms with Gasteiger partial charge in [0.1, 0.15) is 0 Å². The van der Waals surface area contributed by atoms with Gasteiger partial charge in [-0.05, 0) is 48.2 Å². The molecule has 1 saturated heterocycles. The number of carbonyl (C=O) groups excluding carboxylic acids is 2. The van der Waals surface area contributed by atoms with Gasteiger partial charge in [0.25, 0.3) is 5.91 Å². The number of hydrogen-bond acceptors (Lipinski definition) is 4. The van der Waals surface area contributed by atoms with Crippen LogP contribution in [0.1, 0.15) is 48.2 Å². The minimum absolute atomic E-state index is 0.0265. The van der Waals surface area contributed by atoms with Gasteiger partial charge in [-0.1, -0.05) is 38.1 Å². The molecule has 0 saturated carbocycles. The molecule has 1 heterocycles. The Morgan fingerprint density at radius 1 is 0.967 bits per heavy atom. The summed E-state index contributed by atoms with van der Waals surface area (Å²) in [4.78, 5) is 28.6. The van der Waals surface area contributed by atoms with Crippen LogP contribution in [0, 0.1) is 0 Å². The van der Waals surface area contributed by atoms with E-state index in [1.165, 1.54) is 11.1 Å². The summed E-state index contributed by atoms with van der Waals surface area (Å²) < 4.78 is 4.86. The fraction of sp³-hybridized carbons (Fsp3) is 0.417. The van der Waals surface area contributed by atoms with E-state index in [4.69, 9.17) is 4.74 Å². The molecule has 0 atom stereocenters. The summed E-state index contributed by atoms with van der Waals surface area (Å²) in [6, 6.07) is 15.8. The number of ether oxygens (including phenoxy) is 1. The van der Waals surface area contributed by atoms with Gasteiger partial charge in [-0.15, -0.1) is 0 Å². The number of piperazine rings is 1. The molecule has 2 aromatic rings. The highest BCUT2D eigenvalue weighted by atomic mass is 16.5. The fourth-order valence-electron chi connectivity index (χ4n) is 3.54. The first-order valence-electron chi connectivity index (χ1n) is 10.6. The summed E-state index contributed by atoms with van der Waals surface area (Å²) in [5.41, 5.74) is 3.90. The Kier molecular flexibility index (Phi) is 7.46. The minimum atomic E-state index is -0.494. The highest BCUT2D eigenvalue weighted by molar-refractivity contribution is 5.95. The lowest BCUT2D eigenvalue weighted by Crippen LogP contribution is -2.48. The highest BCUT2D eigenvalue weighted by Gasteiger charge is 2.22. The van der Waals surface area contributed by atoms with E-state index in [-0.39, 0.29) is 5.91 Å². The Bertz CT molecular complexity index is 839. The Balaban J connectivity index is 1.49. The fourth-order valence-corrected chi connectivity index (χ4v) is 3.54. The second-order valence-corrected chi connectivity index (χ2v) is 7.89. The number of carbonyl (C=O) groups is 2. The molecule has 1 N–H and O–H groups in total. The van der Waals surface area contributed by atoms with E-state index in [2.05, 4.69) is 48.3 Å². The van der Waals surface area contributed by atoms with Gasteiger partial charge in [-0.3, -0.25) is 15.0 Å². The number of amides is 2. The highest BCUT2D eigenvalue weighted by Crippen LogP contribution is 2.17. The van der Waals surface area contributed by atoms with Crippen molar-refractivity contribution >= 4 is 17.7 Å². The van der Waals surface area contributed by atoms with Crippen LogP contribution >= 0.6 is 0 Å². The van der Waals surface area contributed by atoms with Crippen molar-refractivity contribution in [3.8, 4) is 0 Å². The first-order valence-corrected chi connectivity index (χ1v) is 10.6. The molecule has 1 fully saturated rings. The van der Waals surface area contributed by atoms with Crippen molar-refractivity contribution < 1.29 is 14.3 Å². The first-order chi connectivity index (χ1) is 14.5. The van der Waals surface area contributed by atoms with Crippen molar-refractivity contribution in [1.29, 1.82) is 0 Å². The van der Waals surface area contributed by atoms with E-state index in [0.717, 1.165) is 19.6 Å². The van der Waals surface area contributed by atoms with Crippen LogP contribution in [0.5, 0.6) is 0 Å². The van der Waals surface area contributed by atoms with Crippen molar-refractivity contribution in [2.75, 3.05) is 38.1 Å². The summed E-state index contributed by atoms with van der Waals surface area (Å²) in [5.74, 6) is 0.572. The average molecular weight is 410 g/mol. The van der Waals surface area contributed by atoms with Gasteiger partial charge in [0.2, 0.25) is 0 Å². The molecule has 0 spiro atoms. The van der Waals surface area contributed by atoms with Crippen molar-refractivity contribution in [2.24, 2.45) is 0 Å². The Labute approximate surface area is 178 Å². The average Bonchev–Trinajstić information content (AvgIpc) is 2.75. The summed E-state index contributed by atoms with van der Waals surface area (Å²) in [6.45, 7) is 10.5. The molecule has 1 aliphatic heterocycles. The second-order valence-electron chi connectivity index (χ2n) is 7.89. The third-order valence-corrected chi connectivity index (χ3v) is 5.37. The molecule has 160 valence electrons. The molecule has 2 aromatic carbocycles. The summed E-state index contributed by atoms with van der Waals surface area (Å²) in [6.07, 6.45) is -0.494. The van der Waals surface area contributed by atoms with Crippen molar-refractivity contribution in [3.05, 3.63) is 65.2 Å². The van der Waals surface area contributed by atoms with Crippen LogP contribution in [0.3, 0.4) is 0 Å². The molecule has 6 heteroatoms. The van der Waals surface area contributed by atoms with Crippen LogP contribution < -0.4 is 5.32 Å². The number of anilines is 1. The summed E-state index contributed by atoms with van der Waals surface area (Å²) in [7, 11) is 0. The van der Waals surface area contributed by atoms with E-state index in [9.17, 15) is 9.59 Å². The van der Waals surface area contributed by atoms with Crippen LogP contribution in [0.2, 0.25) is 0 Å². The SMILES string of the molecule is CCOC(=O)Nc1ccc(C(=O)N2CCN(Cc3ccc(C(C)C)cc3)CC2)cc1. The molecule has 0 bridgehead atoms. The van der Waals surface area contributed by atoms with E-state index in [1.807, 2.05) is 4.90 Å². The predicted molar refractivity (Wildman–Crippen MR) is 119 cm³/mol. The van der Waals surface area contributed by atoms with Crippen molar-refractivity contribution in [3.63, 3.8) is 0 Å². The molecule has 30 heavy (non-hydrogen) atoms. The van der Waals surface area contributed by atoms with Crippen LogP contribution in [0.4, 0.5) is 10.5 Å². The molecular formula is C24H31N3O3. The summed E-state index contributed by atoms with van der Waals surface area (Å²) >= 11 is 0. The largest absolute Gasteiger partial charge is 0.450 e. The second kappa shape index (κ2) is 10.3. The molecule has 3 rings (SSSR count). The van der Waals surface area contributed by atoms with Crippen LogP contribution in [0.25, 0.3) is 0 Å². The molecule has 0 aliphatic carbocycles. The van der Waals surface area contributed by atoms with Gasteiger partial charge in [0.15, 0.2) is 0 Å². The molecule has 6 nitrogen and oxygen atoms in total. The maximum absolute atomic E-state index is 12.8. The zero-order valence-electron chi connectivity index (χ0n) is 18.1. The zero-order chi connectivity index (χ0) is 21.5. The molecule has 0 radical (unpaired) electrons. The summed E-state index contributed by atoms with van der Waals surface area (Å²) in [5, 5.41) is 2.63. The Hall–Kier alpha value is -2.86. The number of nitrogens with zero attached hydrogens (tertiary/aromatic N) is 2. The lowest BCUT2D eigenvalue weighted by molar-refractivity contribution is 0.0628. The van der Waals surface area contributed by atoms with E-state index < -0.39 is 6.09 Å². The Morgan fingerprint density at radius 3 is 2.17 bits per heavy atom. The van der Waals surface area contributed by atoms with Gasteiger partial charge in [-0.25, -0.2) is 4.79 Å². The number of nitrogens with one attached hydrogen (secondary N) is 1. The standard InChI is InChI=1S/C24H31N3O3/c1-4-30-24(29)25-22-11-9-21(10-12-22)23(28)27-15-13-26(14-16-27)17-19-5-7-20(8-6-19)18(2)3/h5-12,18H,4,13-17H2,1-3H3,(H,25,29). The van der Waals surface area contributed by atoms with Gasteiger partial charge in [0, 0.05) is 44.0 Å². The topological polar surface area (TPSA) is 61.9 Å². The first kappa shape index (κ1) is 21.8. The van der Waals surface area contributed by atoms with Gasteiger partial charge < -0.3 is 9.64 Å². The van der Waals surface area contributed by atoms with Crippen LogP contribution in [-0.4, -0.2) is 54.6 Å². The lowest BCUT2D eigenvalue weighted by atomic mass is 10.0. The third kappa shape index (κ3) is 5.83. The number of benzene rings is 2. The predicted octanol–water partition coefficient (Wildman–Crippen LogP) is 4.34. The molecule has 0 aromatic heterocycles. The monoisotopic (exact) mass is 409 g/mol. The van der Waals surface area contributed by atoms with Gasteiger partial charge >= 0.3 is 6.09 Å². The Morgan fingerprint density at radius 2 is 1.60 bits per heavy atom. The zero-order valence-corrected chi connectivity index (χ0v) is 18.1. The van der Waals surface area contributed by atoms with E-state index >= 15 is 0 Å². The maximum atomic E-state index is 12.8. The van der Waals surface area contributed by atoms with Crippen molar-refractivity contribution in [2.45, 2.75) is 33.2 Å². The molecule has 2 amide bonds. The molecular weight excluding hydrogens is 378 g/mol. The maximum Gasteiger partial charge on any atom is 0.411 e. The minimum Gasteiger partial charge on any atom is -0.450 e. The van der Waals surface area contributed by atoms with Crippen LogP contribution in [0.15, 0.2) is 48.5 Å². The smallest absolute Gasteiger partial charge is 0.411 e. The number of hydrogen-bond donors (Lipinski definition) is 1. The molecule has 1 aliphatic rings. The van der Waals surface area contributed by atoms with Gasteiger partial charge in [0.05, 0.1) is 6.61 Å². The quantitative estimate of drug-likeness (QED) is 0.771. The lowest BCUT2D eigenvalue weighted by Gasteiger charge is -2.34. The van der Waals surface area contributed by atoms with E-state index in [0.29, 0.717) is 36.9 Å². The third-order valence-electron chi connectivity index (χ3n) is 5.37. The van der Waals surface area contributed by atoms with Crippen LogP contribution in [-0.2, 0) is 11.3 Å². The molecule has 0 unspecified atom stereocenters. The number of rotatable bonds is 6. The van der Waals surface area contributed by atoms with E-state index in [1.54, 1.807) is 31.2 Å². The van der Waals surface area contributed by atoms with Crippen molar-refractivity contribution in [1.82, 2.24) is 9.80 Å².